The van der Waals surface area contributed by atoms with E-state index in [9.17, 15) is 13.6 Å². The highest BCUT2D eigenvalue weighted by molar-refractivity contribution is 6.01. The minimum absolute atomic E-state index is 0.0517. The SMILES string of the molecule is CC(C)(C)c1ccc(C=CC(=O)Nc2ccc(F)cc2F)cc1. The van der Waals surface area contributed by atoms with Crippen LogP contribution < -0.4 is 5.32 Å². The molecule has 120 valence electrons. The Morgan fingerprint density at radius 1 is 1.04 bits per heavy atom. The summed E-state index contributed by atoms with van der Waals surface area (Å²) in [5.41, 5.74) is 2.09. The summed E-state index contributed by atoms with van der Waals surface area (Å²) in [5, 5.41) is 2.38. The van der Waals surface area contributed by atoms with E-state index in [1.54, 1.807) is 6.08 Å². The number of rotatable bonds is 3. The van der Waals surface area contributed by atoms with E-state index in [0.717, 1.165) is 17.7 Å². The molecule has 0 bridgehead atoms. The van der Waals surface area contributed by atoms with Crippen molar-refractivity contribution in [1.82, 2.24) is 0 Å². The predicted molar refractivity (Wildman–Crippen MR) is 89.2 cm³/mol. The van der Waals surface area contributed by atoms with Crippen molar-refractivity contribution in [3.63, 3.8) is 0 Å². The molecule has 0 aliphatic carbocycles. The molecule has 0 atom stereocenters. The van der Waals surface area contributed by atoms with Crippen LogP contribution in [0.2, 0.25) is 0 Å². The lowest BCUT2D eigenvalue weighted by atomic mass is 9.87. The Bertz CT molecular complexity index is 728. The number of carbonyl (C=O) groups excluding carboxylic acids is 1. The minimum Gasteiger partial charge on any atom is -0.320 e. The molecule has 0 heterocycles. The lowest BCUT2D eigenvalue weighted by Crippen LogP contribution is -2.10. The van der Waals surface area contributed by atoms with Gasteiger partial charge in [-0.3, -0.25) is 4.79 Å². The van der Waals surface area contributed by atoms with Gasteiger partial charge < -0.3 is 5.32 Å². The highest BCUT2D eigenvalue weighted by Crippen LogP contribution is 2.22. The van der Waals surface area contributed by atoms with Crippen molar-refractivity contribution in [3.8, 4) is 0 Å². The van der Waals surface area contributed by atoms with E-state index in [4.69, 9.17) is 0 Å². The van der Waals surface area contributed by atoms with Gasteiger partial charge in [-0.15, -0.1) is 0 Å². The fraction of sp³-hybridized carbons (Fsp3) is 0.211. The van der Waals surface area contributed by atoms with Gasteiger partial charge in [0.05, 0.1) is 5.69 Å². The second-order valence-corrected chi connectivity index (χ2v) is 6.32. The highest BCUT2D eigenvalue weighted by Gasteiger charge is 2.12. The molecule has 2 rings (SSSR count). The van der Waals surface area contributed by atoms with Gasteiger partial charge in [0.2, 0.25) is 5.91 Å². The molecular formula is C19H19F2NO. The summed E-state index contributed by atoms with van der Waals surface area (Å²) in [6.07, 6.45) is 2.96. The molecule has 2 nitrogen and oxygen atoms in total. The number of hydrogen-bond acceptors (Lipinski definition) is 1. The van der Waals surface area contributed by atoms with Crippen LogP contribution in [0.25, 0.3) is 6.08 Å². The Labute approximate surface area is 134 Å². The van der Waals surface area contributed by atoms with Crippen molar-refractivity contribution in [2.75, 3.05) is 5.32 Å². The molecule has 1 N–H and O–H groups in total. The van der Waals surface area contributed by atoms with Crippen molar-refractivity contribution < 1.29 is 13.6 Å². The zero-order valence-corrected chi connectivity index (χ0v) is 13.4. The second-order valence-electron chi connectivity index (χ2n) is 6.32. The first-order valence-corrected chi connectivity index (χ1v) is 7.30. The molecule has 0 saturated heterocycles. The Morgan fingerprint density at radius 2 is 1.70 bits per heavy atom. The van der Waals surface area contributed by atoms with Gasteiger partial charge in [-0.25, -0.2) is 8.78 Å². The van der Waals surface area contributed by atoms with Crippen LogP contribution in [0, 0.1) is 11.6 Å². The summed E-state index contributed by atoms with van der Waals surface area (Å²) in [4.78, 5) is 11.8. The first kappa shape index (κ1) is 16.9. The van der Waals surface area contributed by atoms with Crippen molar-refractivity contribution in [2.24, 2.45) is 0 Å². The Hall–Kier alpha value is -2.49. The van der Waals surface area contributed by atoms with E-state index >= 15 is 0 Å². The fourth-order valence-corrected chi connectivity index (χ4v) is 2.03. The monoisotopic (exact) mass is 315 g/mol. The van der Waals surface area contributed by atoms with Crippen LogP contribution in [0.4, 0.5) is 14.5 Å². The lowest BCUT2D eigenvalue weighted by Gasteiger charge is -2.18. The van der Waals surface area contributed by atoms with Crippen LogP contribution in [0.3, 0.4) is 0 Å². The number of amides is 1. The number of hydrogen-bond donors (Lipinski definition) is 1. The molecule has 2 aromatic rings. The summed E-state index contributed by atoms with van der Waals surface area (Å²) in [5.74, 6) is -1.97. The quantitative estimate of drug-likeness (QED) is 0.801. The standard InChI is InChI=1S/C19H19F2NO/c1-19(2,3)14-7-4-13(5-8-14)6-11-18(23)22-17-10-9-15(20)12-16(17)21/h4-12H,1-3H3,(H,22,23). The van der Waals surface area contributed by atoms with Crippen LogP contribution in [-0.4, -0.2) is 5.91 Å². The van der Waals surface area contributed by atoms with Crippen LogP contribution in [0.5, 0.6) is 0 Å². The fourth-order valence-electron chi connectivity index (χ4n) is 2.03. The molecule has 1 amide bonds. The summed E-state index contributed by atoms with van der Waals surface area (Å²) < 4.78 is 26.3. The molecule has 0 aliphatic heterocycles. The van der Waals surface area contributed by atoms with Crippen molar-refractivity contribution in [1.29, 1.82) is 0 Å². The topological polar surface area (TPSA) is 29.1 Å². The Kier molecular flexibility index (Phi) is 4.94. The molecule has 0 unspecified atom stereocenters. The Morgan fingerprint density at radius 3 is 2.26 bits per heavy atom. The number of nitrogens with one attached hydrogen (secondary N) is 1. The summed E-state index contributed by atoms with van der Waals surface area (Å²) >= 11 is 0. The van der Waals surface area contributed by atoms with E-state index in [-0.39, 0.29) is 11.1 Å². The van der Waals surface area contributed by atoms with Gasteiger partial charge in [-0.1, -0.05) is 45.0 Å². The average Bonchev–Trinajstić information content (AvgIpc) is 2.47. The minimum atomic E-state index is -0.804. The van der Waals surface area contributed by atoms with E-state index in [2.05, 4.69) is 26.1 Å². The van der Waals surface area contributed by atoms with E-state index < -0.39 is 17.5 Å². The lowest BCUT2D eigenvalue weighted by molar-refractivity contribution is -0.111. The number of benzene rings is 2. The third-order valence-corrected chi connectivity index (χ3v) is 3.39. The van der Waals surface area contributed by atoms with E-state index in [1.807, 2.05) is 24.3 Å². The van der Waals surface area contributed by atoms with Gasteiger partial charge in [-0.05, 0) is 34.8 Å². The summed E-state index contributed by atoms with van der Waals surface area (Å²) in [7, 11) is 0. The van der Waals surface area contributed by atoms with Gasteiger partial charge >= 0.3 is 0 Å². The first-order valence-electron chi connectivity index (χ1n) is 7.30. The third kappa shape index (κ3) is 4.74. The molecule has 0 radical (unpaired) electrons. The van der Waals surface area contributed by atoms with Gasteiger partial charge in [0.15, 0.2) is 0 Å². The van der Waals surface area contributed by atoms with Crippen LogP contribution >= 0.6 is 0 Å². The molecule has 0 aliphatic rings. The molecule has 0 spiro atoms. The van der Waals surface area contributed by atoms with Gasteiger partial charge in [-0.2, -0.15) is 0 Å². The maximum atomic E-state index is 13.5. The normalized spacial score (nSPS) is 11.7. The maximum Gasteiger partial charge on any atom is 0.248 e. The number of halogens is 2. The third-order valence-electron chi connectivity index (χ3n) is 3.39. The van der Waals surface area contributed by atoms with E-state index in [0.29, 0.717) is 0 Å². The largest absolute Gasteiger partial charge is 0.320 e. The molecular weight excluding hydrogens is 296 g/mol. The molecule has 0 fully saturated rings. The van der Waals surface area contributed by atoms with Gasteiger partial charge in [0.1, 0.15) is 11.6 Å². The van der Waals surface area contributed by atoms with Crippen molar-refractivity contribution >= 4 is 17.7 Å². The number of carbonyl (C=O) groups is 1. The molecule has 23 heavy (non-hydrogen) atoms. The number of anilines is 1. The highest BCUT2D eigenvalue weighted by atomic mass is 19.1. The van der Waals surface area contributed by atoms with Crippen LogP contribution in [0.1, 0.15) is 31.9 Å². The van der Waals surface area contributed by atoms with Crippen LogP contribution in [0.15, 0.2) is 48.5 Å². The van der Waals surface area contributed by atoms with Gasteiger partial charge in [0.25, 0.3) is 0 Å². The molecule has 0 aromatic heterocycles. The van der Waals surface area contributed by atoms with Crippen molar-refractivity contribution in [3.05, 3.63) is 71.3 Å². The second kappa shape index (κ2) is 6.73. The maximum absolute atomic E-state index is 13.5. The van der Waals surface area contributed by atoms with E-state index in [1.165, 1.54) is 17.7 Å². The van der Waals surface area contributed by atoms with Crippen LogP contribution in [-0.2, 0) is 10.2 Å². The Balaban J connectivity index is 2.03. The molecule has 4 heteroatoms. The zero-order chi connectivity index (χ0) is 17.0. The molecule has 2 aromatic carbocycles. The summed E-state index contributed by atoms with van der Waals surface area (Å²) in [6.45, 7) is 6.38. The van der Waals surface area contributed by atoms with Crippen molar-refractivity contribution in [2.45, 2.75) is 26.2 Å². The summed E-state index contributed by atoms with van der Waals surface area (Å²) in [6, 6.07) is 10.9. The smallest absolute Gasteiger partial charge is 0.248 e. The van der Waals surface area contributed by atoms with Gasteiger partial charge in [0, 0.05) is 12.1 Å². The zero-order valence-electron chi connectivity index (χ0n) is 13.4. The predicted octanol–water partition coefficient (Wildman–Crippen LogP) is 4.91. The molecule has 0 saturated carbocycles. The first-order chi connectivity index (χ1) is 10.8. The average molecular weight is 315 g/mol.